The molecule has 0 amide bonds. The summed E-state index contributed by atoms with van der Waals surface area (Å²) in [6.45, 7) is 0.411. The highest BCUT2D eigenvalue weighted by atomic mass is 19.3. The molecule has 0 radical (unpaired) electrons. The zero-order valence-electron chi connectivity index (χ0n) is 15.7. The highest BCUT2D eigenvalue weighted by Gasteiger charge is 2.23. The fourth-order valence-electron chi connectivity index (χ4n) is 4.40. The fourth-order valence-corrected chi connectivity index (χ4v) is 4.40. The highest BCUT2D eigenvalue weighted by Crippen LogP contribution is 2.43. The highest BCUT2D eigenvalue weighted by molar-refractivity contribution is 6.08. The van der Waals surface area contributed by atoms with Gasteiger partial charge in [-0.25, -0.2) is 8.78 Å². The van der Waals surface area contributed by atoms with Gasteiger partial charge < -0.3 is 9.84 Å². The number of nitrogens with zero attached hydrogens (tertiary/aromatic N) is 1. The Morgan fingerprint density at radius 2 is 1.97 bits per heavy atom. The van der Waals surface area contributed by atoms with Gasteiger partial charge in [0.25, 0.3) is 6.43 Å². The number of alkyl halides is 2. The number of benzene rings is 3. The summed E-state index contributed by atoms with van der Waals surface area (Å²) in [4.78, 5) is 4.61. The minimum atomic E-state index is -2.63. The van der Waals surface area contributed by atoms with E-state index in [1.165, 1.54) is 6.07 Å². The first-order chi connectivity index (χ1) is 14.2. The third-order valence-corrected chi connectivity index (χ3v) is 5.63. The molecule has 1 aromatic heterocycles. The summed E-state index contributed by atoms with van der Waals surface area (Å²) in [7, 11) is 0. The summed E-state index contributed by atoms with van der Waals surface area (Å²) in [5.74, 6) is 0.774. The number of hydrogen-bond acceptors (Lipinski definition) is 3. The van der Waals surface area contributed by atoms with Gasteiger partial charge in [0, 0.05) is 35.7 Å². The summed E-state index contributed by atoms with van der Waals surface area (Å²) in [6.07, 6.45) is 0.0770. The third kappa shape index (κ3) is 2.85. The van der Waals surface area contributed by atoms with E-state index in [0.29, 0.717) is 17.7 Å². The molecule has 3 nitrogen and oxygen atoms in total. The average molecular weight is 391 g/mol. The van der Waals surface area contributed by atoms with E-state index >= 15 is 0 Å². The number of fused-ring (bicyclic) bond motifs is 1. The van der Waals surface area contributed by atoms with Crippen LogP contribution in [0, 0.1) is 0 Å². The van der Waals surface area contributed by atoms with Gasteiger partial charge in [-0.15, -0.1) is 0 Å². The molecule has 5 rings (SSSR count). The Hall–Kier alpha value is -3.05. The number of halogens is 2. The van der Waals surface area contributed by atoms with Crippen molar-refractivity contribution < 1.29 is 18.6 Å². The smallest absolute Gasteiger partial charge is 0.264 e. The van der Waals surface area contributed by atoms with E-state index in [1.807, 2.05) is 42.5 Å². The van der Waals surface area contributed by atoms with Crippen molar-refractivity contribution in [2.75, 3.05) is 13.2 Å². The van der Waals surface area contributed by atoms with E-state index in [-0.39, 0.29) is 18.6 Å². The average Bonchev–Trinajstić information content (AvgIpc) is 2.74. The predicted molar refractivity (Wildman–Crippen MR) is 110 cm³/mol. The maximum atomic E-state index is 14.0. The van der Waals surface area contributed by atoms with Crippen molar-refractivity contribution in [1.82, 2.24) is 4.98 Å². The molecular formula is C24H19F2NO2. The number of ether oxygens (including phenoxy) is 1. The lowest BCUT2D eigenvalue weighted by Crippen LogP contribution is -2.09. The molecule has 3 aromatic carbocycles. The van der Waals surface area contributed by atoms with Gasteiger partial charge in [-0.05, 0) is 58.1 Å². The van der Waals surface area contributed by atoms with Crippen LogP contribution >= 0.6 is 0 Å². The van der Waals surface area contributed by atoms with Crippen molar-refractivity contribution in [3.05, 3.63) is 71.4 Å². The molecule has 4 aromatic rings. The third-order valence-electron chi connectivity index (χ3n) is 5.63. The van der Waals surface area contributed by atoms with Crippen LogP contribution in [0.3, 0.4) is 0 Å². The van der Waals surface area contributed by atoms with E-state index in [1.54, 1.807) is 6.20 Å². The lowest BCUT2D eigenvalue weighted by atomic mass is 9.86. The topological polar surface area (TPSA) is 42.4 Å². The molecule has 0 fully saturated rings. The Labute approximate surface area is 166 Å². The van der Waals surface area contributed by atoms with Crippen LogP contribution in [-0.4, -0.2) is 23.3 Å². The maximum absolute atomic E-state index is 14.0. The summed E-state index contributed by atoms with van der Waals surface area (Å²) in [5, 5.41) is 12.2. The number of aliphatic hydroxyl groups is 1. The van der Waals surface area contributed by atoms with Crippen molar-refractivity contribution in [2.24, 2.45) is 0 Å². The molecule has 0 unspecified atom stereocenters. The zero-order valence-corrected chi connectivity index (χ0v) is 15.7. The normalized spacial score (nSPS) is 13.2. The van der Waals surface area contributed by atoms with Gasteiger partial charge >= 0.3 is 0 Å². The summed E-state index contributed by atoms with van der Waals surface area (Å²) in [5.41, 5.74) is 3.84. The molecule has 0 bridgehead atoms. The molecule has 0 atom stereocenters. The molecule has 1 aliphatic rings. The zero-order chi connectivity index (χ0) is 20.0. The van der Waals surface area contributed by atoms with Gasteiger partial charge in [0.1, 0.15) is 5.75 Å². The van der Waals surface area contributed by atoms with Crippen LogP contribution in [0.15, 0.2) is 54.7 Å². The second-order valence-electron chi connectivity index (χ2n) is 7.22. The number of aromatic nitrogens is 1. The van der Waals surface area contributed by atoms with Crippen molar-refractivity contribution in [2.45, 2.75) is 19.3 Å². The maximum Gasteiger partial charge on any atom is 0.264 e. The molecule has 29 heavy (non-hydrogen) atoms. The number of hydrogen-bond donors (Lipinski definition) is 1. The van der Waals surface area contributed by atoms with E-state index in [2.05, 4.69) is 4.98 Å². The Bertz CT molecular complexity index is 1230. The Morgan fingerprint density at radius 1 is 1.10 bits per heavy atom. The molecule has 1 N–H and O–H groups in total. The lowest BCUT2D eigenvalue weighted by molar-refractivity contribution is 0.150. The molecule has 2 heterocycles. The number of rotatable bonds is 4. The van der Waals surface area contributed by atoms with Crippen molar-refractivity contribution in [3.63, 3.8) is 0 Å². The fraction of sp³-hybridized carbons (Fsp3) is 0.208. The van der Waals surface area contributed by atoms with Crippen LogP contribution in [-0.2, 0) is 12.8 Å². The van der Waals surface area contributed by atoms with Crippen LogP contribution < -0.4 is 4.74 Å². The van der Waals surface area contributed by atoms with Crippen LogP contribution in [0.5, 0.6) is 5.75 Å². The van der Waals surface area contributed by atoms with Crippen LogP contribution in [0.2, 0.25) is 0 Å². The summed E-state index contributed by atoms with van der Waals surface area (Å²) < 4.78 is 33.7. The van der Waals surface area contributed by atoms with Crippen LogP contribution in [0.25, 0.3) is 32.8 Å². The van der Waals surface area contributed by atoms with E-state index in [9.17, 15) is 13.9 Å². The SMILES string of the molecule is OCCc1c(C(F)F)cc2ccccc2c1-c1ccc2c3c(ccnc13)CCO2. The molecule has 0 saturated heterocycles. The van der Waals surface area contributed by atoms with Gasteiger partial charge in [0.05, 0.1) is 12.1 Å². The monoisotopic (exact) mass is 391 g/mol. The van der Waals surface area contributed by atoms with Gasteiger partial charge in [-0.3, -0.25) is 4.98 Å². The number of pyridine rings is 1. The van der Waals surface area contributed by atoms with Crippen molar-refractivity contribution in [1.29, 1.82) is 0 Å². The van der Waals surface area contributed by atoms with E-state index < -0.39 is 6.43 Å². The molecule has 0 aliphatic carbocycles. The quantitative estimate of drug-likeness (QED) is 0.502. The molecule has 5 heteroatoms. The second-order valence-corrected chi connectivity index (χ2v) is 7.22. The summed E-state index contributed by atoms with van der Waals surface area (Å²) >= 11 is 0. The van der Waals surface area contributed by atoms with Gasteiger partial charge in [-0.2, -0.15) is 0 Å². The lowest BCUT2D eigenvalue weighted by Gasteiger charge is -2.22. The molecule has 0 spiro atoms. The Morgan fingerprint density at radius 3 is 2.79 bits per heavy atom. The standard InChI is InChI=1S/C24H19F2NO2/c25-24(26)19-13-15-3-1-2-4-16(15)22(17(19)8-11-28)18-5-6-20-21-14(9-12-29-20)7-10-27-23(18)21/h1-7,10,13,24,28H,8-9,11-12H2. The second kappa shape index (κ2) is 7.08. The molecular weight excluding hydrogens is 372 g/mol. The van der Waals surface area contributed by atoms with Crippen molar-refractivity contribution in [3.8, 4) is 16.9 Å². The Balaban J connectivity index is 1.93. The van der Waals surface area contributed by atoms with Crippen molar-refractivity contribution >= 4 is 21.7 Å². The first-order valence-corrected chi connectivity index (χ1v) is 9.66. The predicted octanol–water partition coefficient (Wildman–Crippen LogP) is 5.46. The van der Waals surface area contributed by atoms with Gasteiger partial charge in [0.15, 0.2) is 0 Å². The van der Waals surface area contributed by atoms with E-state index in [4.69, 9.17) is 4.74 Å². The van der Waals surface area contributed by atoms with Gasteiger partial charge in [-0.1, -0.05) is 24.3 Å². The van der Waals surface area contributed by atoms with Crippen LogP contribution in [0.4, 0.5) is 8.78 Å². The first kappa shape index (κ1) is 18.0. The number of aliphatic hydroxyl groups excluding tert-OH is 1. The van der Waals surface area contributed by atoms with Crippen LogP contribution in [0.1, 0.15) is 23.1 Å². The Kier molecular flexibility index (Phi) is 4.40. The summed E-state index contributed by atoms with van der Waals surface area (Å²) in [6, 6.07) is 14.8. The van der Waals surface area contributed by atoms with E-state index in [0.717, 1.165) is 45.0 Å². The largest absolute Gasteiger partial charge is 0.493 e. The molecule has 1 aliphatic heterocycles. The minimum Gasteiger partial charge on any atom is -0.493 e. The molecule has 0 saturated carbocycles. The van der Waals surface area contributed by atoms with Gasteiger partial charge in [0.2, 0.25) is 0 Å². The molecule has 146 valence electrons. The first-order valence-electron chi connectivity index (χ1n) is 9.66. The minimum absolute atomic E-state index is 0.0375.